The average molecular weight is 292 g/mol. The lowest BCUT2D eigenvalue weighted by molar-refractivity contribution is 0.281. The molecular formula is C14H14BrNO. The lowest BCUT2D eigenvalue weighted by atomic mass is 9.90. The minimum Gasteiger partial charge on any atom is -0.392 e. The Morgan fingerprint density at radius 3 is 2.88 bits per heavy atom. The molecule has 0 amide bonds. The summed E-state index contributed by atoms with van der Waals surface area (Å²) in [4.78, 5) is 4.73. The number of aliphatic hydroxyl groups excluding tert-OH is 1. The van der Waals surface area contributed by atoms with Gasteiger partial charge in [-0.3, -0.25) is 4.98 Å². The summed E-state index contributed by atoms with van der Waals surface area (Å²) in [5.41, 5.74) is 4.54. The molecule has 2 nitrogen and oxygen atoms in total. The zero-order valence-corrected chi connectivity index (χ0v) is 11.1. The normalized spacial score (nSPS) is 14.9. The Balaban J connectivity index is 2.35. The van der Waals surface area contributed by atoms with Gasteiger partial charge in [0, 0.05) is 15.6 Å². The minimum atomic E-state index is 0.109. The Bertz CT molecular complexity index is 580. The number of aliphatic hydroxyl groups is 1. The molecule has 1 aromatic carbocycles. The third kappa shape index (κ3) is 1.87. The van der Waals surface area contributed by atoms with Crippen molar-refractivity contribution < 1.29 is 5.11 Å². The zero-order chi connectivity index (χ0) is 11.8. The van der Waals surface area contributed by atoms with Crippen molar-refractivity contribution >= 4 is 26.8 Å². The number of fused-ring (bicyclic) bond motifs is 2. The molecule has 0 atom stereocenters. The van der Waals surface area contributed by atoms with Crippen LogP contribution in [0.15, 0.2) is 22.7 Å². The molecule has 3 rings (SSSR count). The van der Waals surface area contributed by atoms with E-state index in [9.17, 15) is 5.11 Å². The summed E-state index contributed by atoms with van der Waals surface area (Å²) in [7, 11) is 0. The van der Waals surface area contributed by atoms with Gasteiger partial charge in [-0.15, -0.1) is 0 Å². The maximum Gasteiger partial charge on any atom is 0.0709 e. The van der Waals surface area contributed by atoms with E-state index in [-0.39, 0.29) is 6.61 Å². The van der Waals surface area contributed by atoms with Gasteiger partial charge in [-0.1, -0.05) is 15.9 Å². The highest BCUT2D eigenvalue weighted by Crippen LogP contribution is 2.30. The van der Waals surface area contributed by atoms with E-state index in [1.807, 2.05) is 12.1 Å². The first-order valence-corrected chi connectivity index (χ1v) is 6.79. The van der Waals surface area contributed by atoms with E-state index < -0.39 is 0 Å². The second-order valence-corrected chi connectivity index (χ2v) is 5.46. The molecule has 1 aromatic heterocycles. The Hall–Kier alpha value is -0.930. The van der Waals surface area contributed by atoms with Crippen LogP contribution in [0.4, 0.5) is 0 Å². The van der Waals surface area contributed by atoms with Gasteiger partial charge >= 0.3 is 0 Å². The van der Waals surface area contributed by atoms with Gasteiger partial charge in [0.2, 0.25) is 0 Å². The number of hydrogen-bond acceptors (Lipinski definition) is 2. The topological polar surface area (TPSA) is 33.1 Å². The van der Waals surface area contributed by atoms with E-state index in [0.717, 1.165) is 33.8 Å². The number of nitrogens with zero attached hydrogens (tertiary/aromatic N) is 1. The number of hydrogen-bond donors (Lipinski definition) is 1. The number of pyridine rings is 1. The van der Waals surface area contributed by atoms with Crippen molar-refractivity contribution in [1.29, 1.82) is 0 Å². The predicted molar refractivity (Wildman–Crippen MR) is 72.0 cm³/mol. The van der Waals surface area contributed by atoms with Crippen LogP contribution in [0.2, 0.25) is 0 Å². The molecule has 0 aliphatic heterocycles. The fraction of sp³-hybridized carbons (Fsp3) is 0.357. The lowest BCUT2D eigenvalue weighted by Crippen LogP contribution is -2.09. The molecule has 88 valence electrons. The van der Waals surface area contributed by atoms with Crippen molar-refractivity contribution in [1.82, 2.24) is 4.98 Å². The van der Waals surface area contributed by atoms with Gasteiger partial charge in [0.1, 0.15) is 0 Å². The van der Waals surface area contributed by atoms with Gasteiger partial charge in [0.15, 0.2) is 0 Å². The summed E-state index contributed by atoms with van der Waals surface area (Å²) >= 11 is 3.48. The lowest BCUT2D eigenvalue weighted by Gasteiger charge is -2.19. The largest absolute Gasteiger partial charge is 0.392 e. The summed E-state index contributed by atoms with van der Waals surface area (Å²) in [6.45, 7) is 0.109. The third-order valence-corrected chi connectivity index (χ3v) is 3.99. The van der Waals surface area contributed by atoms with Crippen LogP contribution in [-0.2, 0) is 19.4 Å². The Kier molecular flexibility index (Phi) is 2.89. The van der Waals surface area contributed by atoms with Crippen molar-refractivity contribution in [2.45, 2.75) is 32.3 Å². The van der Waals surface area contributed by atoms with Crippen LogP contribution in [-0.4, -0.2) is 10.1 Å². The van der Waals surface area contributed by atoms with Gasteiger partial charge in [0.25, 0.3) is 0 Å². The van der Waals surface area contributed by atoms with Gasteiger partial charge in [0.05, 0.1) is 12.1 Å². The molecule has 1 aliphatic carbocycles. The first-order chi connectivity index (χ1) is 8.29. The van der Waals surface area contributed by atoms with Crippen molar-refractivity contribution in [2.24, 2.45) is 0 Å². The molecule has 0 spiro atoms. The molecule has 0 saturated heterocycles. The zero-order valence-electron chi connectivity index (χ0n) is 9.54. The second-order valence-electron chi connectivity index (χ2n) is 4.54. The molecule has 1 heterocycles. The number of halogens is 1. The molecule has 0 fully saturated rings. The molecule has 17 heavy (non-hydrogen) atoms. The average Bonchev–Trinajstić information content (AvgIpc) is 2.36. The molecule has 0 unspecified atom stereocenters. The molecular weight excluding hydrogens is 278 g/mol. The van der Waals surface area contributed by atoms with Crippen LogP contribution in [0, 0.1) is 0 Å². The van der Waals surface area contributed by atoms with Gasteiger partial charge in [-0.05, 0) is 55.0 Å². The molecule has 0 bridgehead atoms. The Morgan fingerprint density at radius 1 is 1.24 bits per heavy atom. The maximum absolute atomic E-state index is 9.64. The Morgan fingerprint density at radius 2 is 2.06 bits per heavy atom. The van der Waals surface area contributed by atoms with Gasteiger partial charge < -0.3 is 5.11 Å². The van der Waals surface area contributed by atoms with Crippen LogP contribution in [0.1, 0.15) is 29.7 Å². The van der Waals surface area contributed by atoms with E-state index in [4.69, 9.17) is 4.98 Å². The smallest absolute Gasteiger partial charge is 0.0709 e. The molecule has 3 heteroatoms. The summed E-state index contributed by atoms with van der Waals surface area (Å²) in [6.07, 6.45) is 4.53. The highest BCUT2D eigenvalue weighted by Gasteiger charge is 2.17. The van der Waals surface area contributed by atoms with Crippen LogP contribution < -0.4 is 0 Å². The van der Waals surface area contributed by atoms with Crippen LogP contribution in [0.5, 0.6) is 0 Å². The number of rotatable bonds is 1. The number of benzene rings is 1. The van der Waals surface area contributed by atoms with Crippen LogP contribution in [0.3, 0.4) is 0 Å². The van der Waals surface area contributed by atoms with Crippen molar-refractivity contribution in [3.05, 3.63) is 39.5 Å². The Labute approximate surface area is 109 Å². The van der Waals surface area contributed by atoms with E-state index in [1.54, 1.807) is 0 Å². The fourth-order valence-electron chi connectivity index (χ4n) is 2.67. The second kappa shape index (κ2) is 4.39. The molecule has 0 radical (unpaired) electrons. The van der Waals surface area contributed by atoms with Gasteiger partial charge in [-0.2, -0.15) is 0 Å². The van der Waals surface area contributed by atoms with Crippen LogP contribution >= 0.6 is 15.9 Å². The highest BCUT2D eigenvalue weighted by molar-refractivity contribution is 9.10. The van der Waals surface area contributed by atoms with E-state index >= 15 is 0 Å². The molecule has 1 N–H and O–H groups in total. The maximum atomic E-state index is 9.64. The van der Waals surface area contributed by atoms with E-state index in [0.29, 0.717) is 0 Å². The van der Waals surface area contributed by atoms with Gasteiger partial charge in [-0.25, -0.2) is 0 Å². The first-order valence-electron chi connectivity index (χ1n) is 6.00. The fourth-order valence-corrected chi connectivity index (χ4v) is 3.03. The highest BCUT2D eigenvalue weighted by atomic mass is 79.9. The monoisotopic (exact) mass is 291 g/mol. The number of aryl methyl sites for hydroxylation is 1. The summed E-state index contributed by atoms with van der Waals surface area (Å²) < 4.78 is 1.04. The molecule has 2 aromatic rings. The third-order valence-electron chi connectivity index (χ3n) is 3.50. The van der Waals surface area contributed by atoms with E-state index in [1.165, 1.54) is 24.1 Å². The first kappa shape index (κ1) is 11.2. The molecule has 0 saturated carbocycles. The van der Waals surface area contributed by atoms with Crippen LogP contribution in [0.25, 0.3) is 10.9 Å². The van der Waals surface area contributed by atoms with Crippen molar-refractivity contribution in [3.63, 3.8) is 0 Å². The summed E-state index contributed by atoms with van der Waals surface area (Å²) in [6, 6.07) is 6.09. The quantitative estimate of drug-likeness (QED) is 0.874. The molecule has 1 aliphatic rings. The summed E-state index contributed by atoms with van der Waals surface area (Å²) in [5, 5.41) is 10.7. The number of aromatic nitrogens is 1. The SMILES string of the molecule is OCc1c2c(nc3ccc(Br)cc13)CCCC2. The summed E-state index contributed by atoms with van der Waals surface area (Å²) in [5.74, 6) is 0. The minimum absolute atomic E-state index is 0.109. The van der Waals surface area contributed by atoms with Crippen molar-refractivity contribution in [3.8, 4) is 0 Å². The standard InChI is InChI=1S/C14H14BrNO/c15-9-5-6-14-11(7-9)12(8-17)10-3-1-2-4-13(10)16-14/h5-7,17H,1-4,8H2. The van der Waals surface area contributed by atoms with Crippen molar-refractivity contribution in [2.75, 3.05) is 0 Å². The predicted octanol–water partition coefficient (Wildman–Crippen LogP) is 3.37. The van der Waals surface area contributed by atoms with E-state index in [2.05, 4.69) is 22.0 Å².